The lowest BCUT2D eigenvalue weighted by molar-refractivity contribution is -0.308. The molecule has 5 heteroatoms. The van der Waals surface area contributed by atoms with Crippen molar-refractivity contribution in [1.29, 1.82) is 0 Å². The summed E-state index contributed by atoms with van der Waals surface area (Å²) in [7, 11) is 0. The first-order valence-corrected chi connectivity index (χ1v) is 5.87. The third-order valence-electron chi connectivity index (χ3n) is 2.35. The Morgan fingerprint density at radius 1 is 1.26 bits per heavy atom. The van der Waals surface area contributed by atoms with E-state index in [1.807, 2.05) is 0 Å². The van der Waals surface area contributed by atoms with Crippen LogP contribution in [-0.4, -0.2) is 17.5 Å². The largest absolute Gasteiger partial charge is 0.549 e. The van der Waals surface area contributed by atoms with Crippen LogP contribution in [0.25, 0.3) is 0 Å². The summed E-state index contributed by atoms with van der Waals surface area (Å²) in [5.74, 6) is -3.64. The highest BCUT2D eigenvalue weighted by Crippen LogP contribution is 2.21. The molecule has 1 atom stereocenters. The number of esters is 1. The van der Waals surface area contributed by atoms with E-state index in [0.717, 1.165) is 12.1 Å². The minimum absolute atomic E-state index is 0.312. The number of rotatable bonds is 4. The molecule has 0 aliphatic carbocycles. The van der Waals surface area contributed by atoms with Gasteiger partial charge in [-0.15, -0.1) is 0 Å². The van der Waals surface area contributed by atoms with Gasteiger partial charge in [0.25, 0.3) is 0 Å². The van der Waals surface area contributed by atoms with Gasteiger partial charge in [0.1, 0.15) is 11.4 Å². The van der Waals surface area contributed by atoms with Gasteiger partial charge in [-0.1, -0.05) is 12.1 Å². The molecule has 0 aliphatic rings. The molecular formula is C14H16FO4-. The van der Waals surface area contributed by atoms with Gasteiger partial charge in [-0.05, 0) is 38.5 Å². The highest BCUT2D eigenvalue weighted by molar-refractivity contribution is 5.82. The van der Waals surface area contributed by atoms with Crippen molar-refractivity contribution in [3.63, 3.8) is 0 Å². The van der Waals surface area contributed by atoms with E-state index in [2.05, 4.69) is 0 Å². The van der Waals surface area contributed by atoms with Crippen LogP contribution in [0.2, 0.25) is 0 Å². The molecule has 0 radical (unpaired) electrons. The molecule has 0 unspecified atom stereocenters. The van der Waals surface area contributed by atoms with Crippen molar-refractivity contribution >= 4 is 11.9 Å². The molecule has 1 aromatic rings. The molecule has 0 N–H and O–H groups in total. The van der Waals surface area contributed by atoms with Crippen molar-refractivity contribution in [2.75, 3.05) is 0 Å². The van der Waals surface area contributed by atoms with Crippen LogP contribution in [0.3, 0.4) is 0 Å². The Kier molecular flexibility index (Phi) is 4.64. The molecule has 0 heterocycles. The number of hydrogen-bond acceptors (Lipinski definition) is 4. The second-order valence-electron chi connectivity index (χ2n) is 5.21. The van der Waals surface area contributed by atoms with Gasteiger partial charge in [-0.25, -0.2) is 4.39 Å². The number of benzene rings is 1. The number of halogens is 1. The minimum atomic E-state index is -1.39. The number of ether oxygens (including phenoxy) is 1. The number of carbonyl (C=O) groups excluding carboxylic acids is 2. The normalized spacial score (nSPS) is 12.8. The molecule has 0 amide bonds. The first kappa shape index (κ1) is 15.1. The second kappa shape index (κ2) is 5.82. The lowest BCUT2D eigenvalue weighted by atomic mass is 9.96. The van der Waals surface area contributed by atoms with Gasteiger partial charge >= 0.3 is 5.97 Å². The molecule has 4 nitrogen and oxygen atoms in total. The van der Waals surface area contributed by atoms with Crippen LogP contribution in [0.15, 0.2) is 24.3 Å². The van der Waals surface area contributed by atoms with Crippen molar-refractivity contribution in [2.24, 2.45) is 0 Å². The first-order chi connectivity index (χ1) is 8.69. The Morgan fingerprint density at radius 3 is 2.21 bits per heavy atom. The van der Waals surface area contributed by atoms with Gasteiger partial charge in [0.05, 0.1) is 6.42 Å². The van der Waals surface area contributed by atoms with Gasteiger partial charge in [0, 0.05) is 11.9 Å². The number of carboxylic acids is 1. The quantitative estimate of drug-likeness (QED) is 0.773. The van der Waals surface area contributed by atoms with Crippen LogP contribution in [-0.2, 0) is 14.3 Å². The molecule has 0 saturated heterocycles. The lowest BCUT2D eigenvalue weighted by Crippen LogP contribution is -2.33. The zero-order chi connectivity index (χ0) is 14.6. The van der Waals surface area contributed by atoms with Crippen molar-refractivity contribution in [2.45, 2.75) is 38.7 Å². The molecular weight excluding hydrogens is 251 g/mol. The van der Waals surface area contributed by atoms with Crippen molar-refractivity contribution in [1.82, 2.24) is 0 Å². The summed E-state index contributed by atoms with van der Waals surface area (Å²) in [6.07, 6.45) is -0.342. The van der Waals surface area contributed by atoms with Crippen LogP contribution in [0.1, 0.15) is 38.7 Å². The van der Waals surface area contributed by atoms with E-state index in [-0.39, 0.29) is 6.42 Å². The molecule has 0 spiro atoms. The van der Waals surface area contributed by atoms with E-state index in [9.17, 15) is 19.1 Å². The van der Waals surface area contributed by atoms with Gasteiger partial charge in [0.2, 0.25) is 0 Å². The summed E-state index contributed by atoms with van der Waals surface area (Å²) in [5.41, 5.74) is -0.372. The Bertz CT molecular complexity index is 459. The fourth-order valence-corrected chi connectivity index (χ4v) is 1.58. The Morgan fingerprint density at radius 2 is 1.79 bits per heavy atom. The summed E-state index contributed by atoms with van der Waals surface area (Å²) >= 11 is 0. The SMILES string of the molecule is CC(C)(C)OC(=O)C[C@@H](C(=O)[O-])c1ccc(F)cc1. The molecule has 0 bridgehead atoms. The van der Waals surface area contributed by atoms with Crippen LogP contribution in [0.5, 0.6) is 0 Å². The Labute approximate surface area is 111 Å². The Hall–Kier alpha value is -1.91. The highest BCUT2D eigenvalue weighted by Gasteiger charge is 2.22. The van der Waals surface area contributed by atoms with Crippen molar-refractivity contribution < 1.29 is 23.8 Å². The van der Waals surface area contributed by atoms with Gasteiger partial charge in [-0.3, -0.25) is 4.79 Å². The lowest BCUT2D eigenvalue weighted by Gasteiger charge is -2.23. The fraction of sp³-hybridized carbons (Fsp3) is 0.429. The van der Waals surface area contributed by atoms with E-state index < -0.39 is 29.3 Å². The van der Waals surface area contributed by atoms with Crippen molar-refractivity contribution in [3.8, 4) is 0 Å². The van der Waals surface area contributed by atoms with Gasteiger partial charge in [-0.2, -0.15) is 0 Å². The molecule has 0 fully saturated rings. The summed E-state index contributed by atoms with van der Waals surface area (Å²) in [5, 5.41) is 11.1. The molecule has 0 saturated carbocycles. The number of hydrogen-bond donors (Lipinski definition) is 0. The summed E-state index contributed by atoms with van der Waals surface area (Å²) < 4.78 is 17.8. The smallest absolute Gasteiger partial charge is 0.307 e. The summed E-state index contributed by atoms with van der Waals surface area (Å²) in [6.45, 7) is 5.07. The predicted octanol–water partition coefficient (Wildman–Crippen LogP) is 1.39. The molecule has 0 aromatic heterocycles. The topological polar surface area (TPSA) is 66.4 Å². The minimum Gasteiger partial charge on any atom is -0.549 e. The van der Waals surface area contributed by atoms with Crippen LogP contribution >= 0.6 is 0 Å². The highest BCUT2D eigenvalue weighted by atomic mass is 19.1. The van der Waals surface area contributed by atoms with Crippen LogP contribution < -0.4 is 5.11 Å². The van der Waals surface area contributed by atoms with Crippen molar-refractivity contribution in [3.05, 3.63) is 35.6 Å². The zero-order valence-electron chi connectivity index (χ0n) is 11.1. The molecule has 19 heavy (non-hydrogen) atoms. The standard InChI is InChI=1S/C14H17FO4/c1-14(2,3)19-12(16)8-11(13(17)18)9-4-6-10(15)7-5-9/h4-7,11H,8H2,1-3H3,(H,17,18)/p-1/t11-/m1/s1. The maximum Gasteiger partial charge on any atom is 0.307 e. The second-order valence-corrected chi connectivity index (χ2v) is 5.21. The summed E-state index contributed by atoms with van der Waals surface area (Å²) in [6, 6.07) is 4.92. The predicted molar refractivity (Wildman–Crippen MR) is 64.6 cm³/mol. The molecule has 0 aliphatic heterocycles. The first-order valence-electron chi connectivity index (χ1n) is 5.87. The van der Waals surface area contributed by atoms with E-state index in [4.69, 9.17) is 4.74 Å². The zero-order valence-corrected chi connectivity index (χ0v) is 11.1. The molecule has 1 rings (SSSR count). The number of carbonyl (C=O) groups is 2. The molecule has 104 valence electrons. The van der Waals surface area contributed by atoms with Crippen LogP contribution in [0.4, 0.5) is 4.39 Å². The Balaban J connectivity index is 2.82. The third-order valence-corrected chi connectivity index (χ3v) is 2.35. The molecule has 1 aromatic carbocycles. The average molecular weight is 267 g/mol. The van der Waals surface area contributed by atoms with E-state index in [1.165, 1.54) is 12.1 Å². The number of carboxylic acid groups (broad SMARTS) is 1. The monoisotopic (exact) mass is 267 g/mol. The number of aliphatic carboxylic acids is 1. The van der Waals surface area contributed by atoms with Gasteiger partial charge < -0.3 is 14.6 Å². The summed E-state index contributed by atoms with van der Waals surface area (Å²) in [4.78, 5) is 22.7. The fourth-order valence-electron chi connectivity index (χ4n) is 1.58. The maximum absolute atomic E-state index is 12.8. The average Bonchev–Trinajstić information content (AvgIpc) is 2.24. The van der Waals surface area contributed by atoms with E-state index in [0.29, 0.717) is 5.56 Å². The maximum atomic E-state index is 12.8. The van der Waals surface area contributed by atoms with Gasteiger partial charge in [0.15, 0.2) is 0 Å². The van der Waals surface area contributed by atoms with Crippen LogP contribution in [0, 0.1) is 5.82 Å². The van der Waals surface area contributed by atoms with E-state index in [1.54, 1.807) is 20.8 Å². The third kappa shape index (κ3) is 5.07. The van der Waals surface area contributed by atoms with E-state index >= 15 is 0 Å².